The first-order valence-electron chi connectivity index (χ1n) is 7.36. The highest BCUT2D eigenvalue weighted by atomic mass is 16.4. The molecule has 1 heterocycles. The summed E-state index contributed by atoms with van der Waals surface area (Å²) < 4.78 is 2.21. The molecule has 0 fully saturated rings. The minimum absolute atomic E-state index is 0.0507. The van der Waals surface area contributed by atoms with Crippen molar-refractivity contribution in [2.45, 2.75) is 46.3 Å². The fourth-order valence-corrected chi connectivity index (χ4v) is 2.61. The van der Waals surface area contributed by atoms with Crippen molar-refractivity contribution in [2.75, 3.05) is 6.54 Å². The topological polar surface area (TPSA) is 45.5 Å². The third-order valence-corrected chi connectivity index (χ3v) is 3.85. The first kappa shape index (κ1) is 15.6. The van der Waals surface area contributed by atoms with Crippen molar-refractivity contribution in [3.05, 3.63) is 36.0 Å². The minimum Gasteiger partial charge on any atom is -0.480 e. The zero-order chi connectivity index (χ0) is 15.6. The maximum atomic E-state index is 11.1. The minimum atomic E-state index is -0.788. The van der Waals surface area contributed by atoms with E-state index in [9.17, 15) is 4.79 Å². The summed E-state index contributed by atoms with van der Waals surface area (Å²) in [7, 11) is 0. The predicted octanol–water partition coefficient (Wildman–Crippen LogP) is 3.35. The standard InChI is InChI=1S/C17H24N2O2/c1-5-18-10-13(14-8-6-7-9-15(14)18)11-19(12-16(20)21)17(2,3)4/h6-10H,5,11-12H2,1-4H3,(H,20,21). The quantitative estimate of drug-likeness (QED) is 0.917. The molecule has 4 nitrogen and oxygen atoms in total. The fraction of sp³-hybridized carbons (Fsp3) is 0.471. The maximum Gasteiger partial charge on any atom is 0.317 e. The monoisotopic (exact) mass is 288 g/mol. The van der Waals surface area contributed by atoms with Gasteiger partial charge in [0, 0.05) is 35.7 Å². The van der Waals surface area contributed by atoms with Gasteiger partial charge in [0.1, 0.15) is 0 Å². The Morgan fingerprint density at radius 2 is 1.95 bits per heavy atom. The van der Waals surface area contributed by atoms with Gasteiger partial charge in [-0.05, 0) is 39.3 Å². The van der Waals surface area contributed by atoms with E-state index in [-0.39, 0.29) is 12.1 Å². The highest BCUT2D eigenvalue weighted by Crippen LogP contribution is 2.25. The molecule has 0 amide bonds. The second-order valence-electron chi connectivity index (χ2n) is 6.38. The Kier molecular flexibility index (Phi) is 4.37. The van der Waals surface area contributed by atoms with E-state index in [4.69, 9.17) is 5.11 Å². The predicted molar refractivity (Wildman–Crippen MR) is 85.4 cm³/mol. The SMILES string of the molecule is CCn1cc(CN(CC(=O)O)C(C)(C)C)c2ccccc21. The number of aliphatic carboxylic acids is 1. The Labute approximate surface area is 126 Å². The lowest BCUT2D eigenvalue weighted by molar-refractivity contribution is -0.139. The number of aryl methyl sites for hydroxylation is 1. The summed E-state index contributed by atoms with van der Waals surface area (Å²) in [6.45, 7) is 9.88. The second-order valence-corrected chi connectivity index (χ2v) is 6.38. The molecule has 0 spiro atoms. The zero-order valence-corrected chi connectivity index (χ0v) is 13.3. The van der Waals surface area contributed by atoms with Crippen LogP contribution in [0.4, 0.5) is 0 Å². The summed E-state index contributed by atoms with van der Waals surface area (Å²) in [5.74, 6) is -0.788. The van der Waals surface area contributed by atoms with E-state index in [2.05, 4.69) is 50.6 Å². The van der Waals surface area contributed by atoms with Crippen LogP contribution >= 0.6 is 0 Å². The molecule has 2 aromatic rings. The highest BCUT2D eigenvalue weighted by molar-refractivity contribution is 5.84. The number of carbonyl (C=O) groups is 1. The van der Waals surface area contributed by atoms with E-state index in [0.717, 1.165) is 6.54 Å². The van der Waals surface area contributed by atoms with Gasteiger partial charge in [0.05, 0.1) is 6.54 Å². The van der Waals surface area contributed by atoms with Crippen LogP contribution in [0.5, 0.6) is 0 Å². The summed E-state index contributed by atoms with van der Waals surface area (Å²) in [5, 5.41) is 10.4. The Bertz CT molecular complexity index is 638. The molecule has 1 aromatic heterocycles. The lowest BCUT2D eigenvalue weighted by Gasteiger charge is -2.34. The molecule has 0 unspecified atom stereocenters. The Hall–Kier alpha value is -1.81. The van der Waals surface area contributed by atoms with Gasteiger partial charge in [-0.25, -0.2) is 0 Å². The Morgan fingerprint density at radius 3 is 2.52 bits per heavy atom. The molecule has 1 N–H and O–H groups in total. The molecule has 114 valence electrons. The van der Waals surface area contributed by atoms with Crippen LogP contribution in [0.3, 0.4) is 0 Å². The number of carboxylic acids is 1. The summed E-state index contributed by atoms with van der Waals surface area (Å²) in [6, 6.07) is 8.29. The summed E-state index contributed by atoms with van der Waals surface area (Å²) in [5.41, 5.74) is 2.20. The van der Waals surface area contributed by atoms with E-state index in [0.29, 0.717) is 6.54 Å². The van der Waals surface area contributed by atoms with Gasteiger partial charge in [-0.3, -0.25) is 9.69 Å². The highest BCUT2D eigenvalue weighted by Gasteiger charge is 2.24. The number of benzene rings is 1. The number of hydrogen-bond acceptors (Lipinski definition) is 2. The third kappa shape index (κ3) is 3.45. The van der Waals surface area contributed by atoms with Crippen LogP contribution in [-0.2, 0) is 17.9 Å². The van der Waals surface area contributed by atoms with Crippen LogP contribution in [0.25, 0.3) is 10.9 Å². The Balaban J connectivity index is 2.39. The van der Waals surface area contributed by atoms with Gasteiger partial charge in [-0.15, -0.1) is 0 Å². The fourth-order valence-electron chi connectivity index (χ4n) is 2.61. The average Bonchev–Trinajstić information content (AvgIpc) is 2.75. The number of para-hydroxylation sites is 1. The van der Waals surface area contributed by atoms with Gasteiger partial charge in [0.15, 0.2) is 0 Å². The molecule has 2 rings (SSSR count). The molecule has 0 bridgehead atoms. The molecule has 0 saturated carbocycles. The molecular formula is C17H24N2O2. The van der Waals surface area contributed by atoms with Crippen molar-refractivity contribution in [1.29, 1.82) is 0 Å². The summed E-state index contributed by atoms with van der Waals surface area (Å²) >= 11 is 0. The second kappa shape index (κ2) is 5.90. The van der Waals surface area contributed by atoms with Gasteiger partial charge >= 0.3 is 5.97 Å². The molecule has 0 atom stereocenters. The normalized spacial score (nSPS) is 12.2. The molecule has 21 heavy (non-hydrogen) atoms. The third-order valence-electron chi connectivity index (χ3n) is 3.85. The molecule has 0 radical (unpaired) electrons. The number of fused-ring (bicyclic) bond motifs is 1. The van der Waals surface area contributed by atoms with E-state index in [1.807, 2.05) is 17.0 Å². The van der Waals surface area contributed by atoms with E-state index in [1.54, 1.807) is 0 Å². The number of nitrogens with zero attached hydrogens (tertiary/aromatic N) is 2. The number of aromatic nitrogens is 1. The van der Waals surface area contributed by atoms with Gasteiger partial charge in [-0.1, -0.05) is 18.2 Å². The van der Waals surface area contributed by atoms with Crippen molar-refractivity contribution in [3.63, 3.8) is 0 Å². The van der Waals surface area contributed by atoms with Gasteiger partial charge < -0.3 is 9.67 Å². The van der Waals surface area contributed by atoms with Crippen molar-refractivity contribution in [2.24, 2.45) is 0 Å². The lowest BCUT2D eigenvalue weighted by Crippen LogP contribution is -2.43. The summed E-state index contributed by atoms with van der Waals surface area (Å²) in [6.07, 6.45) is 2.14. The smallest absolute Gasteiger partial charge is 0.317 e. The van der Waals surface area contributed by atoms with Crippen molar-refractivity contribution >= 4 is 16.9 Å². The van der Waals surface area contributed by atoms with Crippen LogP contribution in [0.1, 0.15) is 33.3 Å². The zero-order valence-electron chi connectivity index (χ0n) is 13.3. The van der Waals surface area contributed by atoms with E-state index in [1.165, 1.54) is 16.5 Å². The largest absolute Gasteiger partial charge is 0.480 e. The van der Waals surface area contributed by atoms with Gasteiger partial charge in [0.25, 0.3) is 0 Å². The van der Waals surface area contributed by atoms with Gasteiger partial charge in [0.2, 0.25) is 0 Å². The van der Waals surface area contributed by atoms with Crippen LogP contribution in [0, 0.1) is 0 Å². The van der Waals surface area contributed by atoms with Crippen molar-refractivity contribution < 1.29 is 9.90 Å². The lowest BCUT2D eigenvalue weighted by atomic mass is 10.0. The maximum absolute atomic E-state index is 11.1. The number of rotatable bonds is 5. The average molecular weight is 288 g/mol. The van der Waals surface area contributed by atoms with Crippen LogP contribution < -0.4 is 0 Å². The molecule has 0 aliphatic rings. The molecule has 0 saturated heterocycles. The van der Waals surface area contributed by atoms with Crippen molar-refractivity contribution in [3.8, 4) is 0 Å². The van der Waals surface area contributed by atoms with Gasteiger partial charge in [-0.2, -0.15) is 0 Å². The molecule has 0 aliphatic carbocycles. The first-order valence-corrected chi connectivity index (χ1v) is 7.36. The number of hydrogen-bond donors (Lipinski definition) is 1. The first-order chi connectivity index (χ1) is 9.82. The molecule has 1 aromatic carbocycles. The molecule has 0 aliphatic heterocycles. The molecule has 4 heteroatoms. The van der Waals surface area contributed by atoms with E-state index < -0.39 is 5.97 Å². The number of carboxylic acid groups (broad SMARTS) is 1. The van der Waals surface area contributed by atoms with Crippen LogP contribution in [0.15, 0.2) is 30.5 Å². The van der Waals surface area contributed by atoms with E-state index >= 15 is 0 Å². The summed E-state index contributed by atoms with van der Waals surface area (Å²) in [4.78, 5) is 13.1. The van der Waals surface area contributed by atoms with Crippen LogP contribution in [-0.4, -0.2) is 32.6 Å². The van der Waals surface area contributed by atoms with Crippen LogP contribution in [0.2, 0.25) is 0 Å². The Morgan fingerprint density at radius 1 is 1.29 bits per heavy atom. The molecular weight excluding hydrogens is 264 g/mol. The van der Waals surface area contributed by atoms with Crippen molar-refractivity contribution in [1.82, 2.24) is 9.47 Å².